The minimum absolute atomic E-state index is 0.154. The molecule has 1 atom stereocenters. The average molecular weight is 267 g/mol. The highest BCUT2D eigenvalue weighted by molar-refractivity contribution is 5.78. The number of esters is 1. The quantitative estimate of drug-likeness (QED) is 0.801. The fraction of sp³-hybridized carbons (Fsp3) is 0.235. The standard InChI is InChI=1S/C17H17NO2/c19-17-16(15-9-5-2-6-10-15)18(11-12-20-17)13-14-7-3-1-4-8-14/h1-10,16H,11-13H2. The highest BCUT2D eigenvalue weighted by atomic mass is 16.5. The van der Waals surface area contributed by atoms with Crippen molar-refractivity contribution in [2.45, 2.75) is 12.6 Å². The minimum atomic E-state index is -0.301. The van der Waals surface area contributed by atoms with Crippen LogP contribution in [0.15, 0.2) is 60.7 Å². The Balaban J connectivity index is 1.85. The molecular weight excluding hydrogens is 250 g/mol. The van der Waals surface area contributed by atoms with Crippen molar-refractivity contribution in [3.8, 4) is 0 Å². The molecule has 2 aromatic carbocycles. The number of benzene rings is 2. The summed E-state index contributed by atoms with van der Waals surface area (Å²) >= 11 is 0. The number of nitrogens with zero attached hydrogens (tertiary/aromatic N) is 1. The predicted molar refractivity (Wildman–Crippen MR) is 77.0 cm³/mol. The lowest BCUT2D eigenvalue weighted by Gasteiger charge is -2.34. The van der Waals surface area contributed by atoms with Crippen LogP contribution in [0.25, 0.3) is 0 Å². The maximum Gasteiger partial charge on any atom is 0.328 e. The van der Waals surface area contributed by atoms with Gasteiger partial charge in [-0.1, -0.05) is 60.7 Å². The maximum absolute atomic E-state index is 12.1. The first-order chi connectivity index (χ1) is 9.84. The van der Waals surface area contributed by atoms with Gasteiger partial charge in [0.25, 0.3) is 0 Å². The smallest absolute Gasteiger partial charge is 0.328 e. The van der Waals surface area contributed by atoms with Crippen LogP contribution < -0.4 is 0 Å². The lowest BCUT2D eigenvalue weighted by Crippen LogP contribution is -2.42. The largest absolute Gasteiger partial charge is 0.463 e. The number of morpholine rings is 1. The Kier molecular flexibility index (Phi) is 3.79. The Morgan fingerprint density at radius 1 is 1.00 bits per heavy atom. The molecule has 1 aliphatic rings. The molecule has 1 fully saturated rings. The highest BCUT2D eigenvalue weighted by Crippen LogP contribution is 2.26. The van der Waals surface area contributed by atoms with Crippen molar-refractivity contribution >= 4 is 5.97 Å². The lowest BCUT2D eigenvalue weighted by atomic mass is 10.0. The van der Waals surface area contributed by atoms with Gasteiger partial charge in [0, 0.05) is 13.1 Å². The van der Waals surface area contributed by atoms with E-state index in [1.165, 1.54) is 5.56 Å². The molecule has 0 bridgehead atoms. The summed E-state index contributed by atoms with van der Waals surface area (Å²) in [4.78, 5) is 14.3. The first kappa shape index (κ1) is 12.9. The number of rotatable bonds is 3. The fourth-order valence-corrected chi connectivity index (χ4v) is 2.59. The molecule has 0 aromatic heterocycles. The third-order valence-corrected chi connectivity index (χ3v) is 3.56. The van der Waals surface area contributed by atoms with E-state index in [4.69, 9.17) is 4.74 Å². The van der Waals surface area contributed by atoms with Gasteiger partial charge in [-0.3, -0.25) is 4.90 Å². The summed E-state index contributed by atoms with van der Waals surface area (Å²) in [7, 11) is 0. The molecule has 0 amide bonds. The van der Waals surface area contributed by atoms with E-state index in [2.05, 4.69) is 17.0 Å². The second kappa shape index (κ2) is 5.88. The number of hydrogen-bond acceptors (Lipinski definition) is 3. The molecule has 1 unspecified atom stereocenters. The summed E-state index contributed by atoms with van der Waals surface area (Å²) in [6, 6.07) is 19.8. The molecule has 3 nitrogen and oxygen atoms in total. The van der Waals surface area contributed by atoms with Crippen LogP contribution in [-0.4, -0.2) is 24.0 Å². The molecule has 1 aliphatic heterocycles. The van der Waals surface area contributed by atoms with Crippen LogP contribution in [0.4, 0.5) is 0 Å². The van der Waals surface area contributed by atoms with Crippen LogP contribution in [0, 0.1) is 0 Å². The molecule has 1 heterocycles. The second-order valence-electron chi connectivity index (χ2n) is 4.94. The summed E-state index contributed by atoms with van der Waals surface area (Å²) in [6.07, 6.45) is 0. The number of hydrogen-bond donors (Lipinski definition) is 0. The van der Waals surface area contributed by atoms with Gasteiger partial charge >= 0.3 is 5.97 Å². The Morgan fingerprint density at radius 3 is 2.35 bits per heavy atom. The van der Waals surface area contributed by atoms with E-state index in [9.17, 15) is 4.79 Å². The molecular formula is C17H17NO2. The van der Waals surface area contributed by atoms with E-state index in [-0.39, 0.29) is 12.0 Å². The van der Waals surface area contributed by atoms with E-state index in [1.807, 2.05) is 48.5 Å². The molecule has 102 valence electrons. The number of carbonyl (C=O) groups excluding carboxylic acids is 1. The van der Waals surface area contributed by atoms with Gasteiger partial charge in [-0.25, -0.2) is 4.79 Å². The topological polar surface area (TPSA) is 29.5 Å². The Hall–Kier alpha value is -2.13. The second-order valence-corrected chi connectivity index (χ2v) is 4.94. The normalized spacial score (nSPS) is 19.6. The SMILES string of the molecule is O=C1OCCN(Cc2ccccc2)C1c1ccccc1. The van der Waals surface area contributed by atoms with Crippen LogP contribution in [0.3, 0.4) is 0 Å². The Labute approximate surface area is 118 Å². The third kappa shape index (κ3) is 2.73. The minimum Gasteiger partial charge on any atom is -0.463 e. The summed E-state index contributed by atoms with van der Waals surface area (Å²) in [5.74, 6) is -0.154. The van der Waals surface area contributed by atoms with Crippen LogP contribution in [0.5, 0.6) is 0 Å². The molecule has 0 spiro atoms. The van der Waals surface area contributed by atoms with E-state index in [0.29, 0.717) is 6.61 Å². The monoisotopic (exact) mass is 267 g/mol. The highest BCUT2D eigenvalue weighted by Gasteiger charge is 2.32. The zero-order valence-corrected chi connectivity index (χ0v) is 11.2. The maximum atomic E-state index is 12.1. The lowest BCUT2D eigenvalue weighted by molar-refractivity contribution is -0.158. The van der Waals surface area contributed by atoms with Gasteiger partial charge in [-0.15, -0.1) is 0 Å². The zero-order chi connectivity index (χ0) is 13.8. The number of carbonyl (C=O) groups is 1. The molecule has 2 aromatic rings. The van der Waals surface area contributed by atoms with Crippen molar-refractivity contribution in [1.29, 1.82) is 0 Å². The first-order valence-electron chi connectivity index (χ1n) is 6.84. The summed E-state index contributed by atoms with van der Waals surface area (Å²) in [6.45, 7) is 1.99. The summed E-state index contributed by atoms with van der Waals surface area (Å²) < 4.78 is 5.23. The molecule has 0 N–H and O–H groups in total. The number of cyclic esters (lactones) is 1. The molecule has 3 rings (SSSR count). The van der Waals surface area contributed by atoms with E-state index in [1.54, 1.807) is 0 Å². The van der Waals surface area contributed by atoms with Crippen LogP contribution in [0.2, 0.25) is 0 Å². The Morgan fingerprint density at radius 2 is 1.65 bits per heavy atom. The molecule has 1 saturated heterocycles. The first-order valence-corrected chi connectivity index (χ1v) is 6.84. The van der Waals surface area contributed by atoms with Crippen molar-refractivity contribution < 1.29 is 9.53 Å². The molecule has 0 radical (unpaired) electrons. The van der Waals surface area contributed by atoms with E-state index < -0.39 is 0 Å². The molecule has 3 heteroatoms. The van der Waals surface area contributed by atoms with Crippen molar-refractivity contribution in [3.05, 3.63) is 71.8 Å². The van der Waals surface area contributed by atoms with Gasteiger partial charge in [0.15, 0.2) is 0 Å². The van der Waals surface area contributed by atoms with Gasteiger partial charge in [-0.05, 0) is 11.1 Å². The van der Waals surface area contributed by atoms with Crippen LogP contribution in [-0.2, 0) is 16.1 Å². The fourth-order valence-electron chi connectivity index (χ4n) is 2.59. The molecule has 0 aliphatic carbocycles. The molecule has 0 saturated carbocycles. The van der Waals surface area contributed by atoms with Gasteiger partial charge in [0.05, 0.1) is 0 Å². The zero-order valence-electron chi connectivity index (χ0n) is 11.2. The van der Waals surface area contributed by atoms with E-state index >= 15 is 0 Å². The van der Waals surface area contributed by atoms with Gasteiger partial charge < -0.3 is 4.74 Å². The van der Waals surface area contributed by atoms with E-state index in [0.717, 1.165) is 18.7 Å². The Bertz CT molecular complexity index is 568. The molecule has 20 heavy (non-hydrogen) atoms. The van der Waals surface area contributed by atoms with Crippen molar-refractivity contribution in [3.63, 3.8) is 0 Å². The average Bonchev–Trinajstić information content (AvgIpc) is 2.49. The van der Waals surface area contributed by atoms with Gasteiger partial charge in [-0.2, -0.15) is 0 Å². The van der Waals surface area contributed by atoms with Crippen molar-refractivity contribution in [2.24, 2.45) is 0 Å². The van der Waals surface area contributed by atoms with Crippen LogP contribution in [0.1, 0.15) is 17.2 Å². The van der Waals surface area contributed by atoms with Crippen LogP contribution >= 0.6 is 0 Å². The van der Waals surface area contributed by atoms with Gasteiger partial charge in [0.1, 0.15) is 12.6 Å². The van der Waals surface area contributed by atoms with Crippen molar-refractivity contribution in [1.82, 2.24) is 4.90 Å². The van der Waals surface area contributed by atoms with Crippen molar-refractivity contribution in [2.75, 3.05) is 13.2 Å². The summed E-state index contributed by atoms with van der Waals surface area (Å²) in [5.41, 5.74) is 2.20. The number of ether oxygens (including phenoxy) is 1. The summed E-state index contributed by atoms with van der Waals surface area (Å²) in [5, 5.41) is 0. The van der Waals surface area contributed by atoms with Gasteiger partial charge in [0.2, 0.25) is 0 Å². The third-order valence-electron chi connectivity index (χ3n) is 3.56. The predicted octanol–water partition coefficient (Wildman–Crippen LogP) is 2.79.